The van der Waals surface area contributed by atoms with Gasteiger partial charge in [-0.1, -0.05) is 22.9 Å². The van der Waals surface area contributed by atoms with Gasteiger partial charge in [0.2, 0.25) is 0 Å². The van der Waals surface area contributed by atoms with Gasteiger partial charge < -0.3 is 9.64 Å². The van der Waals surface area contributed by atoms with Crippen LogP contribution in [0.2, 0.25) is 5.02 Å². The van der Waals surface area contributed by atoms with E-state index in [4.69, 9.17) is 21.7 Å². The number of benzene rings is 1. The number of fused-ring (bicyclic) bond motifs is 3. The number of nitriles is 1. The maximum absolute atomic E-state index is 9.54. The normalized spacial score (nSPS) is 15.2. The Morgan fingerprint density at radius 2 is 2.13 bits per heavy atom. The van der Waals surface area contributed by atoms with Crippen molar-refractivity contribution in [3.63, 3.8) is 0 Å². The van der Waals surface area contributed by atoms with Gasteiger partial charge in [0.25, 0.3) is 0 Å². The molecule has 3 aromatic rings. The lowest BCUT2D eigenvalue weighted by molar-refractivity contribution is 0.122. The molecule has 0 atom stereocenters. The highest BCUT2D eigenvalue weighted by atomic mass is 35.5. The Kier molecular flexibility index (Phi) is 3.45. The molecule has 6 nitrogen and oxygen atoms in total. The third-order valence-electron chi connectivity index (χ3n) is 3.86. The number of thiazole rings is 1. The maximum Gasteiger partial charge on any atom is 0.198 e. The van der Waals surface area contributed by atoms with Crippen molar-refractivity contribution in [2.75, 3.05) is 31.2 Å². The van der Waals surface area contributed by atoms with E-state index in [9.17, 15) is 5.26 Å². The molecule has 1 N–H and O–H groups in total. The molecule has 2 aromatic heterocycles. The van der Waals surface area contributed by atoms with Gasteiger partial charge in [-0.15, -0.1) is 0 Å². The Bertz CT molecular complexity index is 1010. The zero-order chi connectivity index (χ0) is 16.0. The van der Waals surface area contributed by atoms with Crippen molar-refractivity contribution in [3.05, 3.63) is 34.3 Å². The van der Waals surface area contributed by atoms with Crippen LogP contribution in [0.1, 0.15) is 5.56 Å². The number of halogens is 1. The monoisotopic (exact) mass is 345 g/mol. The van der Waals surface area contributed by atoms with Crippen LogP contribution in [-0.2, 0) is 4.74 Å². The highest BCUT2D eigenvalue weighted by molar-refractivity contribution is 7.23. The molecule has 1 aliphatic heterocycles. The Morgan fingerprint density at radius 3 is 2.87 bits per heavy atom. The smallest absolute Gasteiger partial charge is 0.198 e. The fourth-order valence-corrected chi connectivity index (χ4v) is 4.06. The molecule has 1 fully saturated rings. The van der Waals surface area contributed by atoms with Crippen LogP contribution in [-0.4, -0.2) is 35.7 Å². The largest absolute Gasteiger partial charge is 0.378 e. The first-order valence-corrected chi connectivity index (χ1v) is 8.30. The lowest BCUT2D eigenvalue weighted by atomic mass is 10.2. The number of nitrogens with one attached hydrogen (secondary N) is 1. The van der Waals surface area contributed by atoms with Crippen LogP contribution in [0.4, 0.5) is 5.82 Å². The van der Waals surface area contributed by atoms with E-state index in [0.29, 0.717) is 47.7 Å². The van der Waals surface area contributed by atoms with Crippen molar-refractivity contribution >= 4 is 43.9 Å². The summed E-state index contributed by atoms with van der Waals surface area (Å²) in [5.41, 5.74) is 1.29. The fraction of sp³-hybridized carbons (Fsp3) is 0.267. The molecule has 23 heavy (non-hydrogen) atoms. The minimum atomic E-state index is 0.160. The molecule has 0 saturated carbocycles. The van der Waals surface area contributed by atoms with Crippen molar-refractivity contribution in [3.8, 4) is 6.07 Å². The molecule has 3 heterocycles. The number of morpholine rings is 1. The van der Waals surface area contributed by atoms with Crippen molar-refractivity contribution in [1.82, 2.24) is 9.38 Å². The highest BCUT2D eigenvalue weighted by Crippen LogP contribution is 2.28. The number of ether oxygens (including phenoxy) is 1. The number of hydrogen-bond donors (Lipinski definition) is 1. The average Bonchev–Trinajstić information content (AvgIpc) is 2.93. The van der Waals surface area contributed by atoms with Crippen molar-refractivity contribution in [1.29, 1.82) is 10.7 Å². The maximum atomic E-state index is 9.54. The number of anilines is 1. The van der Waals surface area contributed by atoms with E-state index < -0.39 is 0 Å². The van der Waals surface area contributed by atoms with Crippen LogP contribution < -0.4 is 10.4 Å². The second-order valence-corrected chi connectivity index (χ2v) is 6.65. The van der Waals surface area contributed by atoms with E-state index in [1.54, 1.807) is 10.5 Å². The lowest BCUT2D eigenvalue weighted by Gasteiger charge is -2.28. The Balaban J connectivity index is 2.04. The molecule has 0 unspecified atom stereocenters. The van der Waals surface area contributed by atoms with E-state index in [1.807, 2.05) is 17.0 Å². The molecule has 116 valence electrons. The van der Waals surface area contributed by atoms with Gasteiger partial charge in [0, 0.05) is 18.1 Å². The van der Waals surface area contributed by atoms with Crippen LogP contribution >= 0.6 is 22.9 Å². The Labute approximate surface area is 140 Å². The predicted molar refractivity (Wildman–Crippen MR) is 89.2 cm³/mol. The van der Waals surface area contributed by atoms with Gasteiger partial charge in [-0.3, -0.25) is 9.81 Å². The third-order valence-corrected chi connectivity index (χ3v) is 5.10. The topological polar surface area (TPSA) is 77.4 Å². The van der Waals surface area contributed by atoms with E-state index in [2.05, 4.69) is 11.1 Å². The molecule has 1 aliphatic rings. The van der Waals surface area contributed by atoms with Crippen LogP contribution in [0.15, 0.2) is 18.2 Å². The summed E-state index contributed by atoms with van der Waals surface area (Å²) in [6, 6.07) is 7.64. The van der Waals surface area contributed by atoms with E-state index in [0.717, 1.165) is 10.2 Å². The fourth-order valence-electron chi connectivity index (χ4n) is 2.76. The van der Waals surface area contributed by atoms with Gasteiger partial charge in [0.05, 0.1) is 23.4 Å². The average molecular weight is 346 g/mol. The molecule has 0 amide bonds. The van der Waals surface area contributed by atoms with Gasteiger partial charge in [-0.2, -0.15) is 5.26 Å². The molecule has 1 aromatic carbocycles. The standard InChI is InChI=1S/C15H12ClN5OS/c16-9-1-2-11-12(7-9)23-15-19-14(20-3-5-22-6-4-20)10(8-17)13(18)21(11)15/h1-2,7,18H,3-6H2. The molecule has 0 radical (unpaired) electrons. The Morgan fingerprint density at radius 1 is 1.35 bits per heavy atom. The quantitative estimate of drug-likeness (QED) is 0.734. The van der Waals surface area contributed by atoms with Gasteiger partial charge in [0.15, 0.2) is 16.3 Å². The zero-order valence-corrected chi connectivity index (χ0v) is 13.6. The first-order valence-electron chi connectivity index (χ1n) is 7.11. The number of nitrogens with zero attached hydrogens (tertiary/aromatic N) is 4. The summed E-state index contributed by atoms with van der Waals surface area (Å²) in [6.07, 6.45) is 0. The second-order valence-electron chi connectivity index (χ2n) is 5.20. The van der Waals surface area contributed by atoms with E-state index in [-0.39, 0.29) is 5.49 Å². The summed E-state index contributed by atoms with van der Waals surface area (Å²) in [5, 5.41) is 18.7. The van der Waals surface area contributed by atoms with Gasteiger partial charge in [0.1, 0.15) is 11.6 Å². The lowest BCUT2D eigenvalue weighted by Crippen LogP contribution is -2.38. The number of rotatable bonds is 1. The summed E-state index contributed by atoms with van der Waals surface area (Å²) in [6.45, 7) is 2.56. The molecule has 0 spiro atoms. The first-order chi connectivity index (χ1) is 11.2. The minimum Gasteiger partial charge on any atom is -0.378 e. The summed E-state index contributed by atoms with van der Waals surface area (Å²) >= 11 is 7.52. The summed E-state index contributed by atoms with van der Waals surface area (Å²) < 4.78 is 8.01. The third kappa shape index (κ3) is 2.27. The van der Waals surface area contributed by atoms with Crippen LogP contribution in [0.25, 0.3) is 15.2 Å². The van der Waals surface area contributed by atoms with Crippen LogP contribution in [0.3, 0.4) is 0 Å². The summed E-state index contributed by atoms with van der Waals surface area (Å²) in [7, 11) is 0. The summed E-state index contributed by atoms with van der Waals surface area (Å²) in [5.74, 6) is 0.568. The molecular formula is C15H12ClN5OS. The highest BCUT2D eigenvalue weighted by Gasteiger charge is 2.21. The molecule has 1 saturated heterocycles. The number of hydrogen-bond acceptors (Lipinski definition) is 6. The van der Waals surface area contributed by atoms with Gasteiger partial charge in [-0.05, 0) is 18.2 Å². The predicted octanol–water partition coefficient (Wildman–Crippen LogP) is 2.39. The van der Waals surface area contributed by atoms with Crippen LogP contribution in [0.5, 0.6) is 0 Å². The van der Waals surface area contributed by atoms with E-state index >= 15 is 0 Å². The molecule has 0 bridgehead atoms. The van der Waals surface area contributed by atoms with Crippen molar-refractivity contribution in [2.24, 2.45) is 0 Å². The van der Waals surface area contributed by atoms with Gasteiger partial charge in [-0.25, -0.2) is 4.98 Å². The molecule has 8 heteroatoms. The van der Waals surface area contributed by atoms with E-state index in [1.165, 1.54) is 11.3 Å². The zero-order valence-electron chi connectivity index (χ0n) is 12.0. The second kappa shape index (κ2) is 5.49. The minimum absolute atomic E-state index is 0.160. The molecule has 0 aliphatic carbocycles. The number of aromatic nitrogens is 2. The molecule has 4 rings (SSSR count). The SMILES string of the molecule is N#Cc1c(N2CCOCC2)nc2sc3cc(Cl)ccc3n2c1=N. The summed E-state index contributed by atoms with van der Waals surface area (Å²) in [4.78, 5) is 7.36. The Hall–Kier alpha value is -2.14. The van der Waals surface area contributed by atoms with Crippen molar-refractivity contribution < 1.29 is 4.74 Å². The molecular weight excluding hydrogens is 334 g/mol. The van der Waals surface area contributed by atoms with Gasteiger partial charge >= 0.3 is 0 Å². The first kappa shape index (κ1) is 14.5. The van der Waals surface area contributed by atoms with Crippen molar-refractivity contribution in [2.45, 2.75) is 0 Å². The van der Waals surface area contributed by atoms with Crippen LogP contribution in [0, 0.1) is 16.7 Å².